The highest BCUT2D eigenvalue weighted by atomic mass is 16.7. The summed E-state index contributed by atoms with van der Waals surface area (Å²) in [6.45, 7) is 3.65. The standard InChI is InChI=1S/C32H38N2O6/c1-22-28(20-34(2)19-23-7-4-3-5-8-23)39-32(40-31(22)25-13-11-24(21-35)12-14-25)26-15-17-27(18-16-26)33-29(36)9-6-10-30(37)38/h3-5,7-8,11-18,22,28,31-32,35H,6,9-10,19-21H2,1-2H3,(H,33,36)(H,37,38)/t22-,28+,31+,32+/m0/s1. The maximum atomic E-state index is 12.2. The summed E-state index contributed by atoms with van der Waals surface area (Å²) in [5.41, 5.74) is 4.57. The molecule has 40 heavy (non-hydrogen) atoms. The van der Waals surface area contributed by atoms with E-state index in [9.17, 15) is 14.7 Å². The van der Waals surface area contributed by atoms with Crippen LogP contribution >= 0.6 is 0 Å². The van der Waals surface area contributed by atoms with Crippen LogP contribution in [-0.2, 0) is 32.2 Å². The second-order valence-corrected chi connectivity index (χ2v) is 10.4. The van der Waals surface area contributed by atoms with Gasteiger partial charge in [0.25, 0.3) is 0 Å². The van der Waals surface area contributed by atoms with Crippen molar-refractivity contribution in [3.8, 4) is 0 Å². The summed E-state index contributed by atoms with van der Waals surface area (Å²) in [5, 5.41) is 21.1. The van der Waals surface area contributed by atoms with Crippen LogP contribution in [0.4, 0.5) is 5.69 Å². The fourth-order valence-corrected chi connectivity index (χ4v) is 4.94. The Kier molecular flexibility index (Phi) is 10.4. The number of likely N-dealkylation sites (N-methyl/N-ethyl adjacent to an activating group) is 1. The molecule has 0 aromatic heterocycles. The molecule has 1 aliphatic rings. The zero-order valence-corrected chi connectivity index (χ0v) is 23.0. The van der Waals surface area contributed by atoms with Crippen molar-refractivity contribution in [3.05, 3.63) is 101 Å². The molecule has 1 amide bonds. The summed E-state index contributed by atoms with van der Waals surface area (Å²) in [5.74, 6) is -1.06. The van der Waals surface area contributed by atoms with E-state index in [-0.39, 0.29) is 43.5 Å². The first-order valence-electron chi connectivity index (χ1n) is 13.7. The molecule has 1 saturated heterocycles. The highest BCUT2D eigenvalue weighted by molar-refractivity contribution is 5.90. The molecule has 3 aromatic carbocycles. The predicted molar refractivity (Wildman–Crippen MR) is 152 cm³/mol. The van der Waals surface area contributed by atoms with E-state index >= 15 is 0 Å². The van der Waals surface area contributed by atoms with Crippen LogP contribution in [0.1, 0.15) is 60.8 Å². The first kappa shape index (κ1) is 29.4. The number of aliphatic hydroxyl groups excluding tert-OH is 1. The smallest absolute Gasteiger partial charge is 0.303 e. The quantitative estimate of drug-likeness (QED) is 0.283. The maximum Gasteiger partial charge on any atom is 0.303 e. The molecule has 3 N–H and O–H groups in total. The average Bonchev–Trinajstić information content (AvgIpc) is 2.95. The summed E-state index contributed by atoms with van der Waals surface area (Å²) < 4.78 is 13.1. The van der Waals surface area contributed by atoms with Gasteiger partial charge in [-0.15, -0.1) is 0 Å². The number of ether oxygens (including phenoxy) is 2. The number of hydrogen-bond donors (Lipinski definition) is 3. The molecule has 0 radical (unpaired) electrons. The number of aliphatic carboxylic acids is 1. The van der Waals surface area contributed by atoms with Crippen LogP contribution in [0, 0.1) is 5.92 Å². The summed E-state index contributed by atoms with van der Waals surface area (Å²) in [7, 11) is 2.09. The molecule has 212 valence electrons. The lowest BCUT2D eigenvalue weighted by Crippen LogP contribution is -2.43. The fourth-order valence-electron chi connectivity index (χ4n) is 4.94. The number of benzene rings is 3. The Balaban J connectivity index is 1.48. The lowest BCUT2D eigenvalue weighted by molar-refractivity contribution is -0.276. The zero-order chi connectivity index (χ0) is 28.5. The minimum absolute atomic E-state index is 0.0115. The molecule has 4 atom stereocenters. The molecule has 1 aliphatic heterocycles. The van der Waals surface area contributed by atoms with Crippen LogP contribution < -0.4 is 5.32 Å². The fraction of sp³-hybridized carbons (Fsp3) is 0.375. The van der Waals surface area contributed by atoms with Gasteiger partial charge in [-0.1, -0.05) is 73.7 Å². The first-order chi connectivity index (χ1) is 19.3. The van der Waals surface area contributed by atoms with Crippen LogP contribution in [0.5, 0.6) is 0 Å². The van der Waals surface area contributed by atoms with Gasteiger partial charge in [-0.3, -0.25) is 14.5 Å². The molecule has 1 heterocycles. The first-order valence-corrected chi connectivity index (χ1v) is 13.7. The third kappa shape index (κ3) is 8.22. The van der Waals surface area contributed by atoms with Crippen LogP contribution in [0.2, 0.25) is 0 Å². The number of hydrogen-bond acceptors (Lipinski definition) is 6. The predicted octanol–water partition coefficient (Wildman–Crippen LogP) is 5.30. The number of carboxylic acids is 1. The van der Waals surface area contributed by atoms with Crippen molar-refractivity contribution < 1.29 is 29.3 Å². The van der Waals surface area contributed by atoms with E-state index in [4.69, 9.17) is 14.6 Å². The summed E-state index contributed by atoms with van der Waals surface area (Å²) in [4.78, 5) is 25.1. The van der Waals surface area contributed by atoms with Gasteiger partial charge in [0.05, 0.1) is 18.8 Å². The van der Waals surface area contributed by atoms with Crippen molar-refractivity contribution >= 4 is 17.6 Å². The number of nitrogens with zero attached hydrogens (tertiary/aromatic N) is 1. The van der Waals surface area contributed by atoms with Crippen molar-refractivity contribution in [1.29, 1.82) is 0 Å². The van der Waals surface area contributed by atoms with E-state index in [1.807, 2.05) is 54.6 Å². The molecule has 8 nitrogen and oxygen atoms in total. The minimum atomic E-state index is -0.911. The molecule has 0 unspecified atom stereocenters. The number of anilines is 1. The third-order valence-corrected chi connectivity index (χ3v) is 7.17. The molecule has 0 aliphatic carbocycles. The number of amides is 1. The van der Waals surface area contributed by atoms with Gasteiger partial charge < -0.3 is 25.0 Å². The van der Waals surface area contributed by atoms with Gasteiger partial charge in [-0.25, -0.2) is 0 Å². The monoisotopic (exact) mass is 546 g/mol. The maximum absolute atomic E-state index is 12.2. The Labute approximate surface area is 235 Å². The number of aliphatic hydroxyl groups is 1. The van der Waals surface area contributed by atoms with Crippen LogP contribution in [0.25, 0.3) is 0 Å². The Morgan fingerprint density at radius 1 is 0.875 bits per heavy atom. The second kappa shape index (κ2) is 14.2. The highest BCUT2D eigenvalue weighted by Crippen LogP contribution is 2.42. The highest BCUT2D eigenvalue weighted by Gasteiger charge is 2.38. The average molecular weight is 547 g/mol. The van der Waals surface area contributed by atoms with Crippen LogP contribution in [0.15, 0.2) is 78.9 Å². The van der Waals surface area contributed by atoms with Crippen molar-refractivity contribution in [2.45, 2.75) is 57.8 Å². The number of carbonyl (C=O) groups excluding carboxylic acids is 1. The largest absolute Gasteiger partial charge is 0.481 e. The zero-order valence-electron chi connectivity index (χ0n) is 23.0. The second-order valence-electron chi connectivity index (χ2n) is 10.4. The van der Waals surface area contributed by atoms with Gasteiger partial charge >= 0.3 is 5.97 Å². The molecular weight excluding hydrogens is 508 g/mol. The van der Waals surface area contributed by atoms with E-state index in [0.717, 1.165) is 23.2 Å². The molecule has 0 bridgehead atoms. The lowest BCUT2D eigenvalue weighted by Gasteiger charge is -2.42. The van der Waals surface area contributed by atoms with Crippen LogP contribution in [-0.4, -0.2) is 46.7 Å². The third-order valence-electron chi connectivity index (χ3n) is 7.17. The molecular formula is C32H38N2O6. The van der Waals surface area contributed by atoms with E-state index in [1.165, 1.54) is 5.56 Å². The van der Waals surface area contributed by atoms with Gasteiger partial charge in [0.2, 0.25) is 5.91 Å². The van der Waals surface area contributed by atoms with Gasteiger partial charge in [0.15, 0.2) is 6.29 Å². The molecule has 8 heteroatoms. The topological polar surface area (TPSA) is 108 Å². The number of carbonyl (C=O) groups is 2. The van der Waals surface area contributed by atoms with Crippen molar-refractivity contribution in [1.82, 2.24) is 4.90 Å². The Morgan fingerprint density at radius 2 is 1.55 bits per heavy atom. The SMILES string of the molecule is C[C@H]1[C@@H](CN(C)Cc2ccccc2)O[C@@H](c2ccc(NC(=O)CCCC(=O)O)cc2)O[C@H]1c1ccc(CO)cc1. The number of rotatable bonds is 12. The minimum Gasteiger partial charge on any atom is -0.481 e. The lowest BCUT2D eigenvalue weighted by atomic mass is 9.90. The van der Waals surface area contributed by atoms with Gasteiger partial charge in [0.1, 0.15) is 0 Å². The van der Waals surface area contributed by atoms with Crippen molar-refractivity contribution in [2.75, 3.05) is 18.9 Å². The molecule has 1 fully saturated rings. The molecule has 3 aromatic rings. The van der Waals surface area contributed by atoms with Crippen LogP contribution in [0.3, 0.4) is 0 Å². The summed E-state index contributed by atoms with van der Waals surface area (Å²) >= 11 is 0. The van der Waals surface area contributed by atoms with Crippen molar-refractivity contribution in [2.24, 2.45) is 5.92 Å². The molecule has 4 rings (SSSR count). The van der Waals surface area contributed by atoms with Gasteiger partial charge in [-0.2, -0.15) is 0 Å². The Morgan fingerprint density at radius 3 is 2.20 bits per heavy atom. The normalized spacial score (nSPS) is 20.8. The number of nitrogens with one attached hydrogen (secondary N) is 1. The van der Waals surface area contributed by atoms with Gasteiger partial charge in [0, 0.05) is 43.1 Å². The van der Waals surface area contributed by atoms with Gasteiger partial charge in [-0.05, 0) is 42.3 Å². The molecule has 0 spiro atoms. The summed E-state index contributed by atoms with van der Waals surface area (Å²) in [6, 6.07) is 25.5. The Hall–Kier alpha value is -3.56. The summed E-state index contributed by atoms with van der Waals surface area (Å²) in [6.07, 6.45) is -0.516. The number of carboxylic acid groups (broad SMARTS) is 1. The van der Waals surface area contributed by atoms with E-state index in [2.05, 4.69) is 36.3 Å². The van der Waals surface area contributed by atoms with E-state index < -0.39 is 12.3 Å². The van der Waals surface area contributed by atoms with E-state index in [0.29, 0.717) is 18.7 Å². The van der Waals surface area contributed by atoms with E-state index in [1.54, 1.807) is 12.1 Å². The Bertz CT molecular complexity index is 1230. The van der Waals surface area contributed by atoms with Crippen molar-refractivity contribution in [3.63, 3.8) is 0 Å². The molecule has 0 saturated carbocycles.